The largest absolute Gasteiger partial charge is 0.337 e. The number of carbonyl (C=O) groups is 2. The van der Waals surface area contributed by atoms with Gasteiger partial charge in [0, 0.05) is 42.9 Å². The van der Waals surface area contributed by atoms with Crippen molar-refractivity contribution >= 4 is 29.3 Å². The summed E-state index contributed by atoms with van der Waals surface area (Å²) in [5.41, 5.74) is 2.24. The van der Waals surface area contributed by atoms with Crippen LogP contribution >= 0.6 is 11.8 Å². The third-order valence-electron chi connectivity index (χ3n) is 3.68. The Balaban J connectivity index is 1.77. The van der Waals surface area contributed by atoms with E-state index in [0.717, 1.165) is 10.5 Å². The van der Waals surface area contributed by atoms with Crippen LogP contribution in [0.3, 0.4) is 0 Å². The minimum absolute atomic E-state index is 0.0317. The van der Waals surface area contributed by atoms with Gasteiger partial charge in [0.05, 0.1) is 17.1 Å². The lowest BCUT2D eigenvalue weighted by Gasteiger charge is -2.23. The Morgan fingerprint density at radius 1 is 1.48 bits per heavy atom. The van der Waals surface area contributed by atoms with Gasteiger partial charge in [-0.25, -0.2) is 0 Å². The van der Waals surface area contributed by atoms with Crippen LogP contribution in [0.1, 0.15) is 22.8 Å². The molecule has 1 aliphatic heterocycles. The van der Waals surface area contributed by atoms with Crippen molar-refractivity contribution in [2.75, 3.05) is 12.4 Å². The number of amides is 2. The minimum atomic E-state index is -0.114. The molecular formula is C16H18N4O2S. The molecule has 0 aliphatic carbocycles. The zero-order valence-electron chi connectivity index (χ0n) is 13.2. The summed E-state index contributed by atoms with van der Waals surface area (Å²) in [4.78, 5) is 27.0. The average Bonchev–Trinajstić information content (AvgIpc) is 2.92. The van der Waals surface area contributed by atoms with E-state index in [0.29, 0.717) is 17.8 Å². The molecule has 2 heterocycles. The smallest absolute Gasteiger partial charge is 0.253 e. The third-order valence-corrected chi connectivity index (χ3v) is 4.86. The molecule has 1 aliphatic rings. The molecule has 0 spiro atoms. The average molecular weight is 330 g/mol. The predicted octanol–water partition coefficient (Wildman–Crippen LogP) is 2.12. The van der Waals surface area contributed by atoms with Crippen molar-refractivity contribution in [1.29, 1.82) is 0 Å². The maximum absolute atomic E-state index is 12.6. The van der Waals surface area contributed by atoms with Gasteiger partial charge in [-0.2, -0.15) is 5.10 Å². The Labute approximate surface area is 138 Å². The molecule has 2 amide bonds. The number of aromatic nitrogens is 2. The van der Waals surface area contributed by atoms with Crippen LogP contribution in [0, 0.1) is 0 Å². The zero-order chi connectivity index (χ0) is 16.6. The van der Waals surface area contributed by atoms with Gasteiger partial charge in [0.2, 0.25) is 5.91 Å². The highest BCUT2D eigenvalue weighted by molar-refractivity contribution is 8.00. The van der Waals surface area contributed by atoms with Crippen LogP contribution in [0.25, 0.3) is 0 Å². The molecule has 0 fully saturated rings. The number of nitrogens with one attached hydrogen (secondary N) is 1. The van der Waals surface area contributed by atoms with Crippen molar-refractivity contribution in [3.63, 3.8) is 0 Å². The number of hydrogen-bond acceptors (Lipinski definition) is 4. The number of thioether (sulfide) groups is 1. The molecule has 120 valence electrons. The van der Waals surface area contributed by atoms with Gasteiger partial charge >= 0.3 is 0 Å². The first-order valence-electron chi connectivity index (χ1n) is 7.28. The van der Waals surface area contributed by atoms with E-state index in [-0.39, 0.29) is 17.1 Å². The highest BCUT2D eigenvalue weighted by Gasteiger charge is 2.24. The van der Waals surface area contributed by atoms with Gasteiger partial charge in [0.1, 0.15) is 0 Å². The zero-order valence-corrected chi connectivity index (χ0v) is 14.1. The lowest BCUT2D eigenvalue weighted by Crippen LogP contribution is -2.28. The second kappa shape index (κ2) is 6.08. The van der Waals surface area contributed by atoms with Gasteiger partial charge in [-0.05, 0) is 25.1 Å². The van der Waals surface area contributed by atoms with Gasteiger partial charge in [-0.1, -0.05) is 0 Å². The summed E-state index contributed by atoms with van der Waals surface area (Å²) in [6.45, 7) is 2.35. The number of nitrogens with zero attached hydrogens (tertiary/aromatic N) is 3. The molecule has 1 aromatic heterocycles. The second-order valence-corrected chi connectivity index (χ2v) is 7.03. The van der Waals surface area contributed by atoms with Gasteiger partial charge in [0.25, 0.3) is 5.91 Å². The summed E-state index contributed by atoms with van der Waals surface area (Å²) in [5.74, 6) is -0.120. The van der Waals surface area contributed by atoms with Gasteiger partial charge in [0.15, 0.2) is 0 Å². The van der Waals surface area contributed by atoms with Gasteiger partial charge in [-0.3, -0.25) is 14.3 Å². The molecule has 2 aromatic rings. The van der Waals surface area contributed by atoms with Crippen molar-refractivity contribution in [3.05, 3.63) is 41.7 Å². The van der Waals surface area contributed by atoms with Gasteiger partial charge in [-0.15, -0.1) is 11.8 Å². The molecule has 0 bridgehead atoms. The first kappa shape index (κ1) is 15.6. The normalized spacial score (nSPS) is 16.7. The van der Waals surface area contributed by atoms with Crippen molar-refractivity contribution < 1.29 is 9.59 Å². The topological polar surface area (TPSA) is 67.2 Å². The summed E-state index contributed by atoms with van der Waals surface area (Å²) < 4.78 is 1.71. The molecule has 1 N–H and O–H groups in total. The lowest BCUT2D eigenvalue weighted by atomic mass is 10.1. The van der Waals surface area contributed by atoms with Crippen LogP contribution in [0.15, 0.2) is 35.5 Å². The third kappa shape index (κ3) is 3.24. The summed E-state index contributed by atoms with van der Waals surface area (Å²) in [5, 5.41) is 6.84. The predicted molar refractivity (Wildman–Crippen MR) is 89.4 cm³/mol. The van der Waals surface area contributed by atoms with E-state index < -0.39 is 0 Å². The Hall–Kier alpha value is -2.28. The van der Waals surface area contributed by atoms with Gasteiger partial charge < -0.3 is 10.2 Å². The standard InChI is InChI=1S/C16H18N4O2S/c1-10-15(21)18-13-6-12(4-5-14(13)23-10)16(22)19(2)8-11-7-17-20(3)9-11/h4-7,9-10H,8H2,1-3H3,(H,18,21). The number of fused-ring (bicyclic) bond motifs is 1. The second-order valence-electron chi connectivity index (χ2n) is 5.64. The van der Waals surface area contributed by atoms with E-state index in [4.69, 9.17) is 0 Å². The number of anilines is 1. The molecule has 6 nitrogen and oxygen atoms in total. The summed E-state index contributed by atoms with van der Waals surface area (Å²) in [7, 11) is 3.60. The molecule has 0 radical (unpaired) electrons. The number of aryl methyl sites for hydroxylation is 1. The quantitative estimate of drug-likeness (QED) is 0.936. The minimum Gasteiger partial charge on any atom is -0.337 e. The van der Waals surface area contributed by atoms with E-state index >= 15 is 0 Å². The Morgan fingerprint density at radius 2 is 2.26 bits per heavy atom. The van der Waals surface area contributed by atoms with E-state index in [2.05, 4.69) is 10.4 Å². The van der Waals surface area contributed by atoms with Crippen LogP contribution in [-0.2, 0) is 18.4 Å². The van der Waals surface area contributed by atoms with Crippen molar-refractivity contribution in [3.8, 4) is 0 Å². The Kier molecular flexibility index (Phi) is 4.12. The fourth-order valence-corrected chi connectivity index (χ4v) is 3.39. The molecule has 23 heavy (non-hydrogen) atoms. The highest BCUT2D eigenvalue weighted by atomic mass is 32.2. The Morgan fingerprint density at radius 3 is 2.96 bits per heavy atom. The van der Waals surface area contributed by atoms with Crippen LogP contribution in [0.2, 0.25) is 0 Å². The maximum atomic E-state index is 12.6. The molecule has 3 rings (SSSR count). The number of rotatable bonds is 3. The molecule has 0 saturated heterocycles. The van der Waals surface area contributed by atoms with Crippen LogP contribution in [0.5, 0.6) is 0 Å². The van der Waals surface area contributed by atoms with E-state index in [1.807, 2.05) is 26.2 Å². The van der Waals surface area contributed by atoms with Crippen molar-refractivity contribution in [2.24, 2.45) is 7.05 Å². The highest BCUT2D eigenvalue weighted by Crippen LogP contribution is 2.36. The summed E-state index contributed by atoms with van der Waals surface area (Å²) in [6.07, 6.45) is 3.63. The Bertz CT molecular complexity index is 771. The van der Waals surface area contributed by atoms with E-state index in [9.17, 15) is 9.59 Å². The maximum Gasteiger partial charge on any atom is 0.253 e. The number of hydrogen-bond donors (Lipinski definition) is 1. The molecule has 1 unspecified atom stereocenters. The number of carbonyl (C=O) groups excluding carboxylic acids is 2. The molecule has 0 saturated carbocycles. The lowest BCUT2D eigenvalue weighted by molar-refractivity contribution is -0.115. The summed E-state index contributed by atoms with van der Waals surface area (Å²) >= 11 is 1.51. The molecular weight excluding hydrogens is 312 g/mol. The van der Waals surface area contributed by atoms with Crippen LogP contribution in [0.4, 0.5) is 5.69 Å². The first-order chi connectivity index (χ1) is 10.9. The molecule has 7 heteroatoms. The van der Waals surface area contributed by atoms with Crippen molar-refractivity contribution in [1.82, 2.24) is 14.7 Å². The van der Waals surface area contributed by atoms with Crippen molar-refractivity contribution in [2.45, 2.75) is 23.6 Å². The fraction of sp³-hybridized carbons (Fsp3) is 0.312. The summed E-state index contributed by atoms with van der Waals surface area (Å²) in [6, 6.07) is 5.44. The number of benzene rings is 1. The van der Waals surface area contributed by atoms with Crippen LogP contribution in [-0.4, -0.2) is 38.8 Å². The van der Waals surface area contributed by atoms with E-state index in [1.54, 1.807) is 35.0 Å². The fourth-order valence-electron chi connectivity index (χ4n) is 2.46. The first-order valence-corrected chi connectivity index (χ1v) is 8.16. The van der Waals surface area contributed by atoms with Crippen LogP contribution < -0.4 is 5.32 Å². The monoisotopic (exact) mass is 330 g/mol. The SMILES string of the molecule is CC1Sc2ccc(C(=O)N(C)Cc3cnn(C)c3)cc2NC1=O. The molecule has 1 atom stereocenters. The van der Waals surface area contributed by atoms with E-state index in [1.165, 1.54) is 11.8 Å². The molecule has 1 aromatic carbocycles.